The summed E-state index contributed by atoms with van der Waals surface area (Å²) in [6.45, 7) is 18.2. The van der Waals surface area contributed by atoms with Crippen molar-refractivity contribution in [3.8, 4) is 0 Å². The van der Waals surface area contributed by atoms with Crippen molar-refractivity contribution in [2.24, 2.45) is 5.41 Å². The second kappa shape index (κ2) is 11.5. The van der Waals surface area contributed by atoms with Crippen LogP contribution in [0.1, 0.15) is 66.9 Å². The van der Waals surface area contributed by atoms with E-state index in [-0.39, 0.29) is 30.3 Å². The smallest absolute Gasteiger partial charge is 0.410 e. The molecule has 2 aliphatic heterocycles. The molecule has 1 aromatic rings. The Bertz CT molecular complexity index is 1010. The molecule has 1 aromatic carbocycles. The number of benzene rings is 1. The van der Waals surface area contributed by atoms with Crippen molar-refractivity contribution in [1.82, 2.24) is 15.1 Å². The Balaban J connectivity index is 1.96. The van der Waals surface area contributed by atoms with E-state index >= 15 is 0 Å². The van der Waals surface area contributed by atoms with E-state index in [4.69, 9.17) is 9.47 Å². The lowest BCUT2D eigenvalue weighted by Crippen LogP contribution is -2.55. The molecule has 0 radical (unpaired) electrons. The van der Waals surface area contributed by atoms with Gasteiger partial charge in [-0.1, -0.05) is 43.3 Å². The maximum Gasteiger partial charge on any atom is 0.410 e. The zero-order valence-corrected chi connectivity index (χ0v) is 24.1. The zero-order valence-electron chi connectivity index (χ0n) is 24.1. The molecule has 1 N–H and O–H groups in total. The van der Waals surface area contributed by atoms with Crippen molar-refractivity contribution >= 4 is 18.0 Å². The van der Waals surface area contributed by atoms with Crippen LogP contribution in [0.3, 0.4) is 0 Å². The summed E-state index contributed by atoms with van der Waals surface area (Å²) in [5, 5.41) is 3.12. The van der Waals surface area contributed by atoms with Gasteiger partial charge in [0.05, 0.1) is 6.04 Å². The SMILES string of the molecule is C=CCN1C(C(Cc2ccccc2)NC(=O)OC(C)(C)C)CC2(C)C(=O)CCN(C(=O)OC(C)(C)C)CC12. The number of alkyl carbamates (subject to hydrolysis) is 1. The van der Waals surface area contributed by atoms with E-state index in [0.717, 1.165) is 5.56 Å². The summed E-state index contributed by atoms with van der Waals surface area (Å²) in [7, 11) is 0. The molecule has 2 fully saturated rings. The van der Waals surface area contributed by atoms with Gasteiger partial charge in [0.25, 0.3) is 0 Å². The number of amides is 2. The summed E-state index contributed by atoms with van der Waals surface area (Å²) >= 11 is 0. The molecule has 4 unspecified atom stereocenters. The average Bonchev–Trinajstić information content (AvgIpc) is 2.99. The predicted octanol–water partition coefficient (Wildman–Crippen LogP) is 4.97. The van der Waals surface area contributed by atoms with E-state index in [1.807, 2.05) is 84.9 Å². The summed E-state index contributed by atoms with van der Waals surface area (Å²) in [5.74, 6) is 0.126. The van der Waals surface area contributed by atoms with Crippen LogP contribution in [0, 0.1) is 5.41 Å². The number of nitrogens with one attached hydrogen (secondary N) is 1. The first-order valence-electron chi connectivity index (χ1n) is 13.5. The molecule has 2 heterocycles. The number of hydrogen-bond donors (Lipinski definition) is 1. The third-order valence-corrected chi connectivity index (χ3v) is 7.29. The van der Waals surface area contributed by atoms with Crippen molar-refractivity contribution in [3.63, 3.8) is 0 Å². The van der Waals surface area contributed by atoms with E-state index in [1.54, 1.807) is 4.90 Å². The molecular formula is C30H45N3O5. The molecule has 210 valence electrons. The maximum atomic E-state index is 13.6. The molecule has 0 saturated carbocycles. The molecule has 8 nitrogen and oxygen atoms in total. The van der Waals surface area contributed by atoms with Crippen molar-refractivity contribution in [2.75, 3.05) is 19.6 Å². The van der Waals surface area contributed by atoms with E-state index in [1.165, 1.54) is 0 Å². The molecule has 38 heavy (non-hydrogen) atoms. The number of carbonyl (C=O) groups is 3. The lowest BCUT2D eigenvalue weighted by atomic mass is 9.76. The number of nitrogens with zero attached hydrogens (tertiary/aromatic N) is 2. The molecule has 0 aromatic heterocycles. The number of Topliss-reactive ketones (excluding diaryl/α,β-unsaturated/α-hetero) is 1. The van der Waals surface area contributed by atoms with Crippen molar-refractivity contribution in [1.29, 1.82) is 0 Å². The minimum atomic E-state index is -0.686. The summed E-state index contributed by atoms with van der Waals surface area (Å²) in [6.07, 6.45) is 2.31. The highest BCUT2D eigenvalue weighted by molar-refractivity contribution is 5.87. The van der Waals surface area contributed by atoms with Crippen LogP contribution >= 0.6 is 0 Å². The number of ketones is 1. The van der Waals surface area contributed by atoms with E-state index < -0.39 is 28.8 Å². The molecule has 4 atom stereocenters. The van der Waals surface area contributed by atoms with E-state index in [0.29, 0.717) is 32.5 Å². The maximum absolute atomic E-state index is 13.6. The van der Waals surface area contributed by atoms with Gasteiger partial charge in [0.15, 0.2) is 0 Å². The largest absolute Gasteiger partial charge is 0.444 e. The zero-order chi connectivity index (χ0) is 28.3. The molecule has 0 aliphatic carbocycles. The van der Waals surface area contributed by atoms with Gasteiger partial charge in [0.2, 0.25) is 0 Å². The van der Waals surface area contributed by atoms with Gasteiger partial charge < -0.3 is 19.7 Å². The highest BCUT2D eigenvalue weighted by atomic mass is 16.6. The first-order chi connectivity index (χ1) is 17.6. The Morgan fingerprint density at radius 2 is 1.76 bits per heavy atom. The second-order valence-electron chi connectivity index (χ2n) is 12.7. The summed E-state index contributed by atoms with van der Waals surface area (Å²) in [6, 6.07) is 9.25. The number of rotatable bonds is 6. The van der Waals surface area contributed by atoms with Crippen LogP contribution in [-0.2, 0) is 20.7 Å². The Morgan fingerprint density at radius 3 is 2.34 bits per heavy atom. The van der Waals surface area contributed by atoms with E-state index in [2.05, 4.69) is 16.8 Å². The fourth-order valence-electron chi connectivity index (χ4n) is 5.60. The van der Waals surface area contributed by atoms with Gasteiger partial charge in [0.1, 0.15) is 17.0 Å². The molecule has 2 saturated heterocycles. The molecule has 0 bridgehead atoms. The van der Waals surface area contributed by atoms with Crippen LogP contribution in [0.15, 0.2) is 43.0 Å². The normalized spacial score (nSPS) is 25.2. The first kappa shape index (κ1) is 29.7. The molecule has 0 spiro atoms. The number of carbonyl (C=O) groups excluding carboxylic acids is 3. The first-order valence-corrected chi connectivity index (χ1v) is 13.5. The van der Waals surface area contributed by atoms with Crippen molar-refractivity contribution < 1.29 is 23.9 Å². The van der Waals surface area contributed by atoms with Crippen LogP contribution in [0.4, 0.5) is 9.59 Å². The topological polar surface area (TPSA) is 88.2 Å². The molecule has 2 amide bonds. The van der Waals surface area contributed by atoms with Gasteiger partial charge in [-0.05, 0) is 59.9 Å². The van der Waals surface area contributed by atoms with Crippen LogP contribution in [0.5, 0.6) is 0 Å². The Morgan fingerprint density at radius 1 is 1.13 bits per heavy atom. The van der Waals surface area contributed by atoms with Gasteiger partial charge in [-0.3, -0.25) is 9.69 Å². The fraction of sp³-hybridized carbons (Fsp3) is 0.633. The number of likely N-dealkylation sites (tertiary alicyclic amines) is 2. The minimum Gasteiger partial charge on any atom is -0.444 e. The molecule has 2 aliphatic rings. The second-order valence-corrected chi connectivity index (χ2v) is 12.7. The van der Waals surface area contributed by atoms with Gasteiger partial charge in [-0.2, -0.15) is 0 Å². The van der Waals surface area contributed by atoms with Crippen LogP contribution in [0.2, 0.25) is 0 Å². The number of ether oxygens (including phenoxy) is 2. The van der Waals surface area contributed by atoms with Crippen molar-refractivity contribution in [2.45, 2.75) is 97.1 Å². The van der Waals surface area contributed by atoms with Crippen LogP contribution in [-0.4, -0.2) is 76.7 Å². The Kier molecular flexibility index (Phi) is 8.97. The Hall–Kier alpha value is -2.87. The third-order valence-electron chi connectivity index (χ3n) is 7.29. The summed E-state index contributed by atoms with van der Waals surface area (Å²) in [5.41, 5.74) is -0.881. The minimum absolute atomic E-state index is 0.126. The van der Waals surface area contributed by atoms with Gasteiger partial charge in [-0.15, -0.1) is 6.58 Å². The van der Waals surface area contributed by atoms with Gasteiger partial charge in [0, 0.05) is 43.6 Å². The lowest BCUT2D eigenvalue weighted by molar-refractivity contribution is -0.128. The lowest BCUT2D eigenvalue weighted by Gasteiger charge is -2.38. The predicted molar refractivity (Wildman–Crippen MR) is 148 cm³/mol. The molecule has 3 rings (SSSR count). The van der Waals surface area contributed by atoms with E-state index in [9.17, 15) is 14.4 Å². The summed E-state index contributed by atoms with van der Waals surface area (Å²) < 4.78 is 11.3. The highest BCUT2D eigenvalue weighted by Gasteiger charge is 2.56. The monoisotopic (exact) mass is 527 g/mol. The summed E-state index contributed by atoms with van der Waals surface area (Å²) in [4.78, 5) is 43.5. The number of hydrogen-bond acceptors (Lipinski definition) is 6. The fourth-order valence-corrected chi connectivity index (χ4v) is 5.60. The van der Waals surface area contributed by atoms with Crippen LogP contribution < -0.4 is 5.32 Å². The standard InChI is InChI=1S/C30H45N3O5/c1-9-16-33-23(22(18-21-13-11-10-12-14-21)31-26(35)37-28(2,3)4)19-30(8)24(33)20-32(17-15-25(30)34)27(36)38-29(5,6)7/h9-14,22-24H,1,15-20H2,2-8H3,(H,31,35). The molecule has 8 heteroatoms. The van der Waals surface area contributed by atoms with Gasteiger partial charge >= 0.3 is 12.2 Å². The quantitative estimate of drug-likeness (QED) is 0.526. The van der Waals surface area contributed by atoms with Crippen molar-refractivity contribution in [3.05, 3.63) is 48.6 Å². The third kappa shape index (κ3) is 7.37. The van der Waals surface area contributed by atoms with Crippen LogP contribution in [0.25, 0.3) is 0 Å². The highest BCUT2D eigenvalue weighted by Crippen LogP contribution is 2.45. The Labute approximate surface area is 227 Å². The average molecular weight is 528 g/mol. The molecular weight excluding hydrogens is 482 g/mol. The number of fused-ring (bicyclic) bond motifs is 1. The van der Waals surface area contributed by atoms with Gasteiger partial charge in [-0.25, -0.2) is 9.59 Å².